The van der Waals surface area contributed by atoms with Gasteiger partial charge in [-0.05, 0) is 43.3 Å². The van der Waals surface area contributed by atoms with E-state index in [1.54, 1.807) is 29.0 Å². The van der Waals surface area contributed by atoms with Gasteiger partial charge in [0, 0.05) is 18.8 Å². The van der Waals surface area contributed by atoms with Gasteiger partial charge in [-0.3, -0.25) is 4.79 Å². The number of anilines is 1. The third kappa shape index (κ3) is 3.34. The Bertz CT molecular complexity index is 1360. The van der Waals surface area contributed by atoms with Crippen molar-refractivity contribution in [2.75, 3.05) is 10.8 Å². The number of amides is 1. The first-order valence-electron chi connectivity index (χ1n) is 9.48. The molecule has 0 saturated heterocycles. The maximum atomic E-state index is 13.4. The molecule has 31 heavy (non-hydrogen) atoms. The molecule has 0 bridgehead atoms. The number of benzene rings is 1. The van der Waals surface area contributed by atoms with Gasteiger partial charge in [0.15, 0.2) is 11.5 Å². The molecule has 2 N–H and O–H groups in total. The summed E-state index contributed by atoms with van der Waals surface area (Å²) >= 11 is 1.37. The second-order valence-corrected chi connectivity index (χ2v) is 8.13. The van der Waals surface area contributed by atoms with Crippen LogP contribution in [0, 0.1) is 12.7 Å². The minimum Gasteiger partial charge on any atom is -0.365 e. The van der Waals surface area contributed by atoms with Crippen molar-refractivity contribution in [3.8, 4) is 22.6 Å². The number of hydrogen-bond donors (Lipinski definition) is 1. The molecule has 1 aliphatic rings. The van der Waals surface area contributed by atoms with Gasteiger partial charge in [0.2, 0.25) is 0 Å². The molecule has 0 unspecified atom stereocenters. The lowest BCUT2D eigenvalue weighted by Crippen LogP contribution is -2.12. The van der Waals surface area contributed by atoms with Crippen molar-refractivity contribution in [1.82, 2.24) is 24.1 Å². The van der Waals surface area contributed by atoms with Crippen LogP contribution in [0.5, 0.6) is 0 Å². The van der Waals surface area contributed by atoms with Crippen molar-refractivity contribution in [2.24, 2.45) is 12.8 Å². The average Bonchev–Trinajstić information content (AvgIpc) is 3.46. The zero-order valence-electron chi connectivity index (χ0n) is 16.8. The quantitative estimate of drug-likeness (QED) is 0.529. The number of halogens is 1. The Kier molecular flexibility index (Phi) is 4.51. The van der Waals surface area contributed by atoms with Gasteiger partial charge in [-0.1, -0.05) is 11.8 Å². The molecule has 156 valence electrons. The monoisotopic (exact) mass is 435 g/mol. The molecule has 1 aromatic carbocycles. The minimum atomic E-state index is -0.448. The van der Waals surface area contributed by atoms with Gasteiger partial charge in [-0.25, -0.2) is 18.9 Å². The summed E-state index contributed by atoms with van der Waals surface area (Å²) in [5, 5.41) is 4.74. The molecule has 0 spiro atoms. The first-order chi connectivity index (χ1) is 14.9. The second-order valence-electron chi connectivity index (χ2n) is 7.14. The molecule has 5 rings (SSSR count). The number of aryl methyl sites for hydroxylation is 1. The van der Waals surface area contributed by atoms with Crippen molar-refractivity contribution in [3.05, 3.63) is 65.3 Å². The molecule has 3 aromatic heterocycles. The third-order valence-corrected chi connectivity index (χ3v) is 6.18. The summed E-state index contributed by atoms with van der Waals surface area (Å²) < 4.78 is 17.1. The summed E-state index contributed by atoms with van der Waals surface area (Å²) in [6.07, 6.45) is 3.51. The highest BCUT2D eigenvalue weighted by Crippen LogP contribution is 2.32. The van der Waals surface area contributed by atoms with E-state index in [-0.39, 0.29) is 5.82 Å². The summed E-state index contributed by atoms with van der Waals surface area (Å²) in [4.78, 5) is 23.0. The van der Waals surface area contributed by atoms with Crippen molar-refractivity contribution in [2.45, 2.75) is 6.92 Å². The van der Waals surface area contributed by atoms with Crippen molar-refractivity contribution in [3.63, 3.8) is 0 Å². The van der Waals surface area contributed by atoms with E-state index in [0.717, 1.165) is 22.8 Å². The molecule has 0 fully saturated rings. The number of rotatable bonds is 4. The molecule has 10 heteroatoms. The molecule has 1 amide bonds. The van der Waals surface area contributed by atoms with Crippen LogP contribution in [0.15, 0.2) is 53.7 Å². The summed E-state index contributed by atoms with van der Waals surface area (Å²) in [7, 11) is 1.92. The highest BCUT2D eigenvalue weighted by molar-refractivity contribution is 8.04. The molecular formula is C21H18FN7OS. The minimum absolute atomic E-state index is 0.294. The van der Waals surface area contributed by atoms with Crippen LogP contribution >= 0.6 is 11.8 Å². The lowest BCUT2D eigenvalue weighted by Gasteiger charge is -2.08. The van der Waals surface area contributed by atoms with Crippen LogP contribution in [0.3, 0.4) is 0 Å². The van der Waals surface area contributed by atoms with E-state index in [1.165, 1.54) is 23.9 Å². The maximum absolute atomic E-state index is 13.4. The van der Waals surface area contributed by atoms with Crippen LogP contribution in [0.4, 0.5) is 10.2 Å². The van der Waals surface area contributed by atoms with E-state index in [9.17, 15) is 9.18 Å². The lowest BCUT2D eigenvalue weighted by molar-refractivity contribution is -0.113. The van der Waals surface area contributed by atoms with Gasteiger partial charge in [-0.15, -0.1) is 0 Å². The van der Waals surface area contributed by atoms with Gasteiger partial charge >= 0.3 is 0 Å². The van der Waals surface area contributed by atoms with E-state index in [0.29, 0.717) is 27.9 Å². The van der Waals surface area contributed by atoms with Gasteiger partial charge in [0.05, 0.1) is 28.4 Å². The number of nitrogens with zero attached hydrogens (tertiary/aromatic N) is 6. The number of carbonyl (C=O) groups is 1. The maximum Gasteiger partial charge on any atom is 0.256 e. The number of nitrogens with two attached hydrogens (primary N) is 1. The van der Waals surface area contributed by atoms with Crippen LogP contribution < -0.4 is 10.6 Å². The van der Waals surface area contributed by atoms with Gasteiger partial charge < -0.3 is 15.2 Å². The third-order valence-electron chi connectivity index (χ3n) is 5.16. The summed E-state index contributed by atoms with van der Waals surface area (Å²) in [6, 6.07) is 10.0. The van der Waals surface area contributed by atoms with Gasteiger partial charge in [0.25, 0.3) is 5.91 Å². The normalized spacial score (nSPS) is 13.8. The topological polar surface area (TPSA) is 94.3 Å². The Morgan fingerprint density at radius 2 is 1.94 bits per heavy atom. The molecule has 0 saturated carbocycles. The smallest absolute Gasteiger partial charge is 0.256 e. The van der Waals surface area contributed by atoms with Gasteiger partial charge in [0.1, 0.15) is 17.3 Å². The van der Waals surface area contributed by atoms with E-state index in [4.69, 9.17) is 10.8 Å². The molecule has 8 nitrogen and oxygen atoms in total. The Morgan fingerprint density at radius 3 is 2.65 bits per heavy atom. The number of aromatic nitrogens is 5. The van der Waals surface area contributed by atoms with Crippen LogP contribution in [0.1, 0.15) is 5.82 Å². The number of hydrogen-bond acceptors (Lipinski definition) is 6. The Hall–Kier alpha value is -3.66. The zero-order chi connectivity index (χ0) is 21.7. The fourth-order valence-corrected chi connectivity index (χ4v) is 4.30. The number of thioether (sulfide) groups is 1. The standard InChI is InChI=1S/C21H18FN7OS/c1-12-24-19(13-3-5-14(22)6-4-13)20(27(12)2)15-7-8-17-25-18(10-29(17)26-15)28-9-16(21(23)30)31-11-28/h3-10H,11H2,1-2H3,(H2,23,30). The average molecular weight is 435 g/mol. The Labute approximate surface area is 181 Å². The van der Waals surface area contributed by atoms with Crippen LogP contribution in [-0.4, -0.2) is 35.9 Å². The molecule has 4 aromatic rings. The molecule has 4 heterocycles. The van der Waals surface area contributed by atoms with Crippen LogP contribution in [0.2, 0.25) is 0 Å². The van der Waals surface area contributed by atoms with E-state index >= 15 is 0 Å². The predicted molar refractivity (Wildman–Crippen MR) is 118 cm³/mol. The first kappa shape index (κ1) is 19.3. The number of carbonyl (C=O) groups excluding carboxylic acids is 1. The van der Waals surface area contributed by atoms with Crippen LogP contribution in [-0.2, 0) is 11.8 Å². The largest absolute Gasteiger partial charge is 0.365 e. The summed E-state index contributed by atoms with van der Waals surface area (Å²) in [5.41, 5.74) is 9.12. The van der Waals surface area contributed by atoms with Crippen molar-refractivity contribution < 1.29 is 9.18 Å². The second kappa shape index (κ2) is 7.24. The summed E-state index contributed by atoms with van der Waals surface area (Å²) in [5.74, 6) is 1.31. The van der Waals surface area contributed by atoms with E-state index in [2.05, 4.69) is 9.97 Å². The van der Waals surface area contributed by atoms with E-state index < -0.39 is 5.91 Å². The Morgan fingerprint density at radius 1 is 1.16 bits per heavy atom. The predicted octanol–water partition coefficient (Wildman–Crippen LogP) is 3.08. The fraction of sp³-hybridized carbons (Fsp3) is 0.143. The lowest BCUT2D eigenvalue weighted by atomic mass is 10.1. The first-order valence-corrected chi connectivity index (χ1v) is 10.5. The Balaban J connectivity index is 1.57. The SMILES string of the molecule is Cc1nc(-c2ccc(F)cc2)c(-c2ccc3nc(N4C=C(C(N)=O)SC4)cn3n2)n1C. The van der Waals surface area contributed by atoms with Gasteiger partial charge in [-0.2, -0.15) is 5.10 Å². The van der Waals surface area contributed by atoms with E-state index in [1.807, 2.05) is 35.6 Å². The zero-order valence-corrected chi connectivity index (χ0v) is 17.6. The number of imidazole rings is 2. The number of fused-ring (bicyclic) bond motifs is 1. The van der Waals surface area contributed by atoms with Crippen molar-refractivity contribution in [1.29, 1.82) is 0 Å². The molecule has 0 aliphatic carbocycles. The molecular weight excluding hydrogens is 417 g/mol. The molecule has 1 aliphatic heterocycles. The number of primary amides is 1. The molecule has 0 radical (unpaired) electrons. The fourth-order valence-electron chi connectivity index (χ4n) is 3.47. The van der Waals surface area contributed by atoms with Crippen molar-refractivity contribution >= 4 is 29.1 Å². The highest BCUT2D eigenvalue weighted by atomic mass is 32.2. The van der Waals surface area contributed by atoms with Crippen LogP contribution in [0.25, 0.3) is 28.3 Å². The molecule has 0 atom stereocenters. The summed E-state index contributed by atoms with van der Waals surface area (Å²) in [6.45, 7) is 1.91. The highest BCUT2D eigenvalue weighted by Gasteiger charge is 2.22.